The molecule has 1 heterocycles. The van der Waals surface area contributed by atoms with Crippen LogP contribution in [0.4, 0.5) is 0 Å². The van der Waals surface area contributed by atoms with Crippen LogP contribution in [0.3, 0.4) is 0 Å². The molecule has 2 aliphatic rings. The van der Waals surface area contributed by atoms with Crippen molar-refractivity contribution < 1.29 is 9.21 Å². The van der Waals surface area contributed by atoms with Crippen molar-refractivity contribution in [1.29, 1.82) is 5.26 Å². The number of hydrogen-bond donors (Lipinski definition) is 2. The van der Waals surface area contributed by atoms with Crippen LogP contribution in [0.5, 0.6) is 0 Å². The van der Waals surface area contributed by atoms with Crippen LogP contribution < -0.4 is 11.1 Å². The number of unbranched alkanes of at least 4 members (excludes halogenated alkanes) is 1. The normalized spacial score (nSPS) is 14.5. The lowest BCUT2D eigenvalue weighted by Gasteiger charge is -2.21. The van der Waals surface area contributed by atoms with E-state index < -0.39 is 5.78 Å². The molecule has 3 N–H and O–H groups in total. The van der Waals surface area contributed by atoms with Crippen molar-refractivity contribution in [2.45, 2.75) is 91.0 Å². The average molecular weight is 531 g/mol. The van der Waals surface area contributed by atoms with E-state index in [0.29, 0.717) is 6.54 Å². The Morgan fingerprint density at radius 2 is 1.97 bits per heavy atom. The molecule has 0 amide bonds. The van der Waals surface area contributed by atoms with Gasteiger partial charge in [-0.1, -0.05) is 100 Å². The quantitative estimate of drug-likeness (QED) is 0.135. The molecule has 2 aliphatic carbocycles. The summed E-state index contributed by atoms with van der Waals surface area (Å²) in [5, 5.41) is 11.7. The Bertz CT molecular complexity index is 1130. The number of rotatable bonds is 11. The van der Waals surface area contributed by atoms with E-state index in [-0.39, 0.29) is 0 Å². The van der Waals surface area contributed by atoms with E-state index in [1.807, 2.05) is 32.0 Å². The number of oxazole rings is 1. The van der Waals surface area contributed by atoms with E-state index in [0.717, 1.165) is 52.9 Å². The maximum absolute atomic E-state index is 10.8. The van der Waals surface area contributed by atoms with Gasteiger partial charge in [-0.25, -0.2) is 4.98 Å². The van der Waals surface area contributed by atoms with Crippen molar-refractivity contribution in [2.75, 3.05) is 6.54 Å². The Hall–Kier alpha value is -3.43. The smallest absolute Gasteiger partial charge is 0.255 e. The molecule has 1 aromatic heterocycles. The average Bonchev–Trinajstić information content (AvgIpc) is 3.59. The summed E-state index contributed by atoms with van der Waals surface area (Å²) in [6.45, 7) is 13.1. The van der Waals surface area contributed by atoms with E-state index >= 15 is 0 Å². The Balaban J connectivity index is 0.000000246. The van der Waals surface area contributed by atoms with Crippen LogP contribution in [0.15, 0.2) is 53.7 Å². The monoisotopic (exact) mass is 530 g/mol. The van der Waals surface area contributed by atoms with Gasteiger partial charge in [-0.2, -0.15) is 5.26 Å². The first-order chi connectivity index (χ1) is 18.9. The highest BCUT2D eigenvalue weighted by molar-refractivity contribution is 6.05. The molecular formula is C33H46N4O2. The lowest BCUT2D eigenvalue weighted by molar-refractivity contribution is -0.109. The zero-order chi connectivity index (χ0) is 28.5. The molecule has 0 bridgehead atoms. The van der Waals surface area contributed by atoms with E-state index in [9.17, 15) is 4.79 Å². The van der Waals surface area contributed by atoms with Crippen molar-refractivity contribution in [3.8, 4) is 6.07 Å². The van der Waals surface area contributed by atoms with Crippen LogP contribution in [0.1, 0.15) is 99.4 Å². The molecule has 0 radical (unpaired) electrons. The van der Waals surface area contributed by atoms with Gasteiger partial charge in [0.1, 0.15) is 18.0 Å². The Morgan fingerprint density at radius 3 is 2.56 bits per heavy atom. The highest BCUT2D eigenvalue weighted by Crippen LogP contribution is 2.27. The first-order valence-corrected chi connectivity index (χ1v) is 14.3. The summed E-state index contributed by atoms with van der Waals surface area (Å²) in [4.78, 5) is 15.1. The number of aromatic nitrogens is 1. The van der Waals surface area contributed by atoms with Crippen LogP contribution in [0, 0.1) is 24.2 Å². The fourth-order valence-electron chi connectivity index (χ4n) is 4.34. The van der Waals surface area contributed by atoms with Gasteiger partial charge in [0.25, 0.3) is 5.78 Å². The maximum Gasteiger partial charge on any atom is 0.255 e. The Kier molecular flexibility index (Phi) is 14.6. The van der Waals surface area contributed by atoms with Gasteiger partial charge >= 0.3 is 0 Å². The maximum atomic E-state index is 10.8. The number of hydrogen-bond acceptors (Lipinski definition) is 6. The second-order valence-electron chi connectivity index (χ2n) is 10.4. The predicted molar refractivity (Wildman–Crippen MR) is 160 cm³/mol. The molecule has 2 fully saturated rings. The predicted octanol–water partition coefficient (Wildman–Crippen LogP) is 7.44. The zero-order valence-corrected chi connectivity index (χ0v) is 23.9. The minimum Gasteiger partial charge on any atom is -0.448 e. The van der Waals surface area contributed by atoms with Crippen LogP contribution >= 0.6 is 0 Å². The summed E-state index contributed by atoms with van der Waals surface area (Å²) in [6.07, 6.45) is 19.2. The number of nitrogens with zero attached hydrogens (tertiary/aromatic N) is 2. The molecule has 0 saturated heterocycles. The van der Waals surface area contributed by atoms with Crippen LogP contribution in [-0.2, 0) is 17.8 Å². The molecule has 39 heavy (non-hydrogen) atoms. The molecule has 4 rings (SSSR count). The van der Waals surface area contributed by atoms with Gasteiger partial charge in [0.05, 0.1) is 5.70 Å². The van der Waals surface area contributed by atoms with Crippen molar-refractivity contribution in [1.82, 2.24) is 10.3 Å². The van der Waals surface area contributed by atoms with Gasteiger partial charge in [-0.3, -0.25) is 4.79 Å². The standard InChI is InChI=1S/C17H28N2O.C12H12N2O.C4H6/c1-3-17-19-16(13-20-17)14(2)18-12-8-7-11-15-9-5-4-6-10-15;1-9-2-3-10(11(6-9)7-13)4-5-12(15)8-14;1-4-2-3-4/h13,15,18H,2-12H2,1H3;2-6H,7,13H2,1H3;1-3H2/b;5-4+;. The molecule has 2 aromatic rings. The van der Waals surface area contributed by atoms with Gasteiger partial charge in [0, 0.05) is 19.5 Å². The number of allylic oxidation sites excluding steroid dienone is 2. The lowest BCUT2D eigenvalue weighted by atomic mass is 9.86. The summed E-state index contributed by atoms with van der Waals surface area (Å²) >= 11 is 0. The topological polar surface area (TPSA) is 105 Å². The molecule has 6 heteroatoms. The highest BCUT2D eigenvalue weighted by atomic mass is 16.3. The molecular weight excluding hydrogens is 484 g/mol. The second-order valence-corrected chi connectivity index (χ2v) is 10.4. The van der Waals surface area contributed by atoms with Crippen molar-refractivity contribution in [3.05, 3.63) is 77.5 Å². The highest BCUT2D eigenvalue weighted by Gasteiger charge is 2.12. The van der Waals surface area contributed by atoms with Gasteiger partial charge in [-0.05, 0) is 49.3 Å². The van der Waals surface area contributed by atoms with Gasteiger partial charge < -0.3 is 15.5 Å². The largest absolute Gasteiger partial charge is 0.448 e. The van der Waals surface area contributed by atoms with E-state index in [1.54, 1.807) is 12.3 Å². The van der Waals surface area contributed by atoms with E-state index in [1.165, 1.54) is 81.9 Å². The van der Waals surface area contributed by atoms with E-state index in [4.69, 9.17) is 15.4 Å². The zero-order valence-electron chi connectivity index (χ0n) is 23.9. The summed E-state index contributed by atoms with van der Waals surface area (Å²) in [6, 6.07) is 7.32. The van der Waals surface area contributed by atoms with Gasteiger partial charge in [-0.15, -0.1) is 0 Å². The van der Waals surface area contributed by atoms with Gasteiger partial charge in [0.15, 0.2) is 5.89 Å². The second kappa shape index (κ2) is 18.0. The number of ketones is 1. The molecule has 2 saturated carbocycles. The fourth-order valence-corrected chi connectivity index (χ4v) is 4.34. The number of carbonyl (C=O) groups excluding carboxylic acids is 1. The number of carbonyl (C=O) groups is 1. The van der Waals surface area contributed by atoms with Gasteiger partial charge in [0.2, 0.25) is 0 Å². The van der Waals surface area contributed by atoms with Crippen LogP contribution in [0.2, 0.25) is 0 Å². The number of nitrogens with one attached hydrogen (secondary N) is 1. The summed E-state index contributed by atoms with van der Waals surface area (Å²) < 4.78 is 5.33. The van der Waals surface area contributed by atoms with Crippen LogP contribution in [-0.4, -0.2) is 17.3 Å². The number of nitriles is 1. The summed E-state index contributed by atoms with van der Waals surface area (Å²) in [5.41, 5.74) is 11.7. The van der Waals surface area contributed by atoms with Crippen molar-refractivity contribution in [2.24, 2.45) is 11.7 Å². The number of aryl methyl sites for hydroxylation is 2. The third-order valence-corrected chi connectivity index (χ3v) is 6.91. The van der Waals surface area contributed by atoms with Crippen LogP contribution in [0.25, 0.3) is 11.8 Å². The van der Waals surface area contributed by atoms with Crippen molar-refractivity contribution in [3.63, 3.8) is 0 Å². The Morgan fingerprint density at radius 1 is 1.26 bits per heavy atom. The lowest BCUT2D eigenvalue weighted by Crippen LogP contribution is -2.14. The fraction of sp³-hybridized carbons (Fsp3) is 0.485. The molecule has 0 unspecified atom stereocenters. The number of nitrogens with two attached hydrogens (primary N) is 1. The minimum absolute atomic E-state index is 0.419. The Labute approximate surface area is 235 Å². The first-order valence-electron chi connectivity index (χ1n) is 14.3. The summed E-state index contributed by atoms with van der Waals surface area (Å²) in [7, 11) is 0. The molecule has 0 spiro atoms. The molecule has 210 valence electrons. The van der Waals surface area contributed by atoms with Crippen molar-refractivity contribution >= 4 is 17.6 Å². The first kappa shape index (κ1) is 31.8. The third kappa shape index (κ3) is 13.3. The third-order valence-electron chi connectivity index (χ3n) is 6.91. The summed E-state index contributed by atoms with van der Waals surface area (Å²) in [5.74, 6) is 1.22. The SMILES string of the molecule is C=C(NCCCCC1CCCCC1)c1coc(CC)n1.C=C1CC1.Cc1ccc(/C=C/C(=O)C#N)c(CN)c1. The molecule has 1 aromatic carbocycles. The molecule has 6 nitrogen and oxygen atoms in total. The molecule has 0 atom stereocenters. The van der Waals surface area contributed by atoms with E-state index in [2.05, 4.69) is 23.5 Å². The molecule has 0 aliphatic heterocycles. The minimum atomic E-state index is -0.557. The number of benzene rings is 1.